The van der Waals surface area contributed by atoms with Gasteiger partial charge in [0, 0.05) is 12.6 Å². The summed E-state index contributed by atoms with van der Waals surface area (Å²) in [5.74, 6) is -3.76. The van der Waals surface area contributed by atoms with Crippen LogP contribution in [0.15, 0.2) is 24.3 Å². The van der Waals surface area contributed by atoms with Crippen LogP contribution in [0, 0.1) is 0 Å². The first-order valence-electron chi connectivity index (χ1n) is 6.38. The SMILES string of the molecule is COC(=O)C(NC(C)=O)(Nc1ccc(OC(F)(F)F)cc1)C(F)(F)F. The highest BCUT2D eigenvalue weighted by atomic mass is 19.4. The molecule has 0 aromatic heterocycles. The summed E-state index contributed by atoms with van der Waals surface area (Å²) in [5.41, 5.74) is -4.05. The van der Waals surface area contributed by atoms with Gasteiger partial charge in [-0.05, 0) is 24.3 Å². The molecule has 1 aromatic carbocycles. The first-order valence-corrected chi connectivity index (χ1v) is 6.38. The number of nitrogens with one attached hydrogen (secondary N) is 2. The largest absolute Gasteiger partial charge is 0.573 e. The van der Waals surface area contributed by atoms with E-state index < -0.39 is 41.5 Å². The molecule has 1 aromatic rings. The van der Waals surface area contributed by atoms with Crippen LogP contribution in [0.25, 0.3) is 0 Å². The second-order valence-electron chi connectivity index (χ2n) is 4.62. The van der Waals surface area contributed by atoms with Gasteiger partial charge in [0.1, 0.15) is 5.75 Å². The number of carbonyl (C=O) groups is 2. The summed E-state index contributed by atoms with van der Waals surface area (Å²) in [6.07, 6.45) is -10.3. The Bertz CT molecular complexity index is 629. The van der Waals surface area contributed by atoms with Crippen molar-refractivity contribution in [3.63, 3.8) is 0 Å². The lowest BCUT2D eigenvalue weighted by atomic mass is 10.1. The van der Waals surface area contributed by atoms with Crippen molar-refractivity contribution in [2.75, 3.05) is 12.4 Å². The number of methoxy groups -OCH3 is 1. The molecular weight excluding hydrogens is 362 g/mol. The zero-order valence-electron chi connectivity index (χ0n) is 12.7. The van der Waals surface area contributed by atoms with Gasteiger partial charge in [-0.1, -0.05) is 0 Å². The first-order chi connectivity index (χ1) is 11.3. The number of amides is 1. The average Bonchev–Trinajstić information content (AvgIpc) is 2.44. The van der Waals surface area contributed by atoms with Crippen LogP contribution in [0.1, 0.15) is 6.92 Å². The summed E-state index contributed by atoms with van der Waals surface area (Å²) in [4.78, 5) is 22.8. The van der Waals surface area contributed by atoms with E-state index in [1.807, 2.05) is 0 Å². The van der Waals surface area contributed by atoms with Crippen LogP contribution in [0.5, 0.6) is 5.75 Å². The van der Waals surface area contributed by atoms with Crippen LogP contribution in [0.2, 0.25) is 0 Å². The number of benzene rings is 1. The summed E-state index contributed by atoms with van der Waals surface area (Å²) >= 11 is 0. The van der Waals surface area contributed by atoms with Gasteiger partial charge in [-0.15, -0.1) is 13.2 Å². The Labute approximate surface area is 137 Å². The normalized spacial score (nSPS) is 14.2. The van der Waals surface area contributed by atoms with E-state index in [9.17, 15) is 35.9 Å². The van der Waals surface area contributed by atoms with Crippen molar-refractivity contribution in [1.82, 2.24) is 5.32 Å². The van der Waals surface area contributed by atoms with Gasteiger partial charge in [-0.2, -0.15) is 13.2 Å². The van der Waals surface area contributed by atoms with E-state index in [-0.39, 0.29) is 0 Å². The molecule has 0 bridgehead atoms. The zero-order valence-corrected chi connectivity index (χ0v) is 12.7. The van der Waals surface area contributed by atoms with Crippen LogP contribution in [-0.2, 0) is 14.3 Å². The number of ether oxygens (including phenoxy) is 2. The number of carbonyl (C=O) groups excluding carboxylic acids is 2. The molecule has 0 saturated carbocycles. The van der Waals surface area contributed by atoms with Gasteiger partial charge in [0.15, 0.2) is 0 Å². The van der Waals surface area contributed by atoms with E-state index >= 15 is 0 Å². The molecule has 2 N–H and O–H groups in total. The van der Waals surface area contributed by atoms with Gasteiger partial charge in [0.25, 0.3) is 0 Å². The maximum atomic E-state index is 13.4. The highest BCUT2D eigenvalue weighted by Gasteiger charge is 2.63. The number of alkyl halides is 6. The quantitative estimate of drug-likeness (QED) is 0.471. The van der Waals surface area contributed by atoms with Crippen LogP contribution in [-0.4, -0.2) is 37.2 Å². The van der Waals surface area contributed by atoms with Gasteiger partial charge in [0.05, 0.1) is 7.11 Å². The minimum atomic E-state index is -5.33. The Hall–Kier alpha value is -2.66. The van der Waals surface area contributed by atoms with Gasteiger partial charge < -0.3 is 20.1 Å². The molecule has 0 aliphatic rings. The molecule has 140 valence electrons. The smallest absolute Gasteiger partial charge is 0.466 e. The van der Waals surface area contributed by atoms with Gasteiger partial charge >= 0.3 is 24.2 Å². The maximum Gasteiger partial charge on any atom is 0.573 e. The molecule has 0 heterocycles. The fourth-order valence-electron chi connectivity index (χ4n) is 1.76. The fraction of sp³-hybridized carbons (Fsp3) is 0.385. The zero-order chi connectivity index (χ0) is 19.5. The molecule has 1 atom stereocenters. The number of anilines is 1. The van der Waals surface area contributed by atoms with E-state index in [2.05, 4.69) is 9.47 Å². The van der Waals surface area contributed by atoms with Crippen LogP contribution in [0.3, 0.4) is 0 Å². The number of hydrogen-bond donors (Lipinski definition) is 2. The third-order valence-electron chi connectivity index (χ3n) is 2.70. The van der Waals surface area contributed by atoms with Gasteiger partial charge in [-0.3, -0.25) is 4.79 Å². The minimum absolute atomic E-state index is 0.425. The summed E-state index contributed by atoms with van der Waals surface area (Å²) in [6, 6.07) is 3.04. The number of rotatable bonds is 5. The van der Waals surface area contributed by atoms with Crippen LogP contribution >= 0.6 is 0 Å². The lowest BCUT2D eigenvalue weighted by Crippen LogP contribution is -2.69. The van der Waals surface area contributed by atoms with Crippen LogP contribution < -0.4 is 15.4 Å². The second-order valence-corrected chi connectivity index (χ2v) is 4.62. The Morgan fingerprint density at radius 1 is 1.00 bits per heavy atom. The monoisotopic (exact) mass is 374 g/mol. The molecule has 0 aliphatic heterocycles. The summed E-state index contributed by atoms with van der Waals surface area (Å²) in [5, 5.41) is 3.16. The van der Waals surface area contributed by atoms with Crippen molar-refractivity contribution in [2.24, 2.45) is 0 Å². The van der Waals surface area contributed by atoms with Crippen molar-refractivity contribution < 1.29 is 45.4 Å². The van der Waals surface area contributed by atoms with E-state index in [1.54, 1.807) is 5.32 Å². The van der Waals surface area contributed by atoms with E-state index in [0.717, 1.165) is 31.2 Å². The van der Waals surface area contributed by atoms with Crippen molar-refractivity contribution in [3.8, 4) is 5.75 Å². The predicted octanol–water partition coefficient (Wildman–Crippen LogP) is 2.56. The first kappa shape index (κ1) is 20.4. The summed E-state index contributed by atoms with van der Waals surface area (Å²) in [6.45, 7) is 0.741. The molecule has 0 radical (unpaired) electrons. The Kier molecular flexibility index (Phi) is 5.76. The fourth-order valence-corrected chi connectivity index (χ4v) is 1.76. The number of hydrogen-bond acceptors (Lipinski definition) is 5. The van der Waals surface area contributed by atoms with Crippen molar-refractivity contribution in [3.05, 3.63) is 24.3 Å². The van der Waals surface area contributed by atoms with Crippen molar-refractivity contribution in [2.45, 2.75) is 25.1 Å². The molecule has 0 fully saturated rings. The molecule has 12 heteroatoms. The highest BCUT2D eigenvalue weighted by molar-refractivity contribution is 5.90. The lowest BCUT2D eigenvalue weighted by molar-refractivity contribution is -0.274. The van der Waals surface area contributed by atoms with E-state index in [0.29, 0.717) is 7.11 Å². The molecule has 1 rings (SSSR count). The van der Waals surface area contributed by atoms with Gasteiger partial charge in [-0.25, -0.2) is 4.79 Å². The van der Waals surface area contributed by atoms with Crippen molar-refractivity contribution >= 4 is 17.6 Å². The molecule has 0 spiro atoms. The Morgan fingerprint density at radius 2 is 1.52 bits per heavy atom. The summed E-state index contributed by atoms with van der Waals surface area (Å²) < 4.78 is 84.1. The molecule has 25 heavy (non-hydrogen) atoms. The number of esters is 1. The Balaban J connectivity index is 3.21. The highest BCUT2D eigenvalue weighted by Crippen LogP contribution is 2.33. The third-order valence-corrected chi connectivity index (χ3v) is 2.70. The maximum absolute atomic E-state index is 13.4. The molecule has 0 aliphatic carbocycles. The third kappa shape index (κ3) is 5.16. The van der Waals surface area contributed by atoms with Gasteiger partial charge in [0.2, 0.25) is 5.91 Å². The van der Waals surface area contributed by atoms with E-state index in [1.165, 1.54) is 5.32 Å². The molecule has 0 saturated heterocycles. The lowest BCUT2D eigenvalue weighted by Gasteiger charge is -2.34. The Morgan fingerprint density at radius 3 is 1.88 bits per heavy atom. The van der Waals surface area contributed by atoms with Crippen molar-refractivity contribution in [1.29, 1.82) is 0 Å². The molecule has 1 amide bonds. The average molecular weight is 374 g/mol. The molecular formula is C13H12F6N2O4. The predicted molar refractivity (Wildman–Crippen MR) is 71.4 cm³/mol. The van der Waals surface area contributed by atoms with Crippen LogP contribution in [0.4, 0.5) is 32.0 Å². The van der Waals surface area contributed by atoms with E-state index in [4.69, 9.17) is 0 Å². The second kappa shape index (κ2) is 7.07. The minimum Gasteiger partial charge on any atom is -0.466 e. The standard InChI is InChI=1S/C13H12F6N2O4/c1-7(22)20-11(10(23)24-2,12(14,15)16)21-8-3-5-9(6-4-8)25-13(17,18)19/h3-6,21H,1-2H3,(H,20,22). The topological polar surface area (TPSA) is 76.7 Å². The number of halogens is 6. The molecule has 6 nitrogen and oxygen atoms in total. The summed E-state index contributed by atoms with van der Waals surface area (Å²) in [7, 11) is 0.673. The molecule has 1 unspecified atom stereocenters.